The van der Waals surface area contributed by atoms with Crippen LogP contribution in [-0.4, -0.2) is 78.8 Å². The molecular formula is C43H51Cl2N3O7. The number of halogens is 2. The summed E-state index contributed by atoms with van der Waals surface area (Å²) >= 11 is 0. The average Bonchev–Trinajstić information content (AvgIpc) is 3.22. The summed E-state index contributed by atoms with van der Waals surface area (Å²) in [7, 11) is 11.5. The second-order valence-corrected chi connectivity index (χ2v) is 12.9. The highest BCUT2D eigenvalue weighted by atomic mass is 35.5. The number of piperidine rings is 1. The maximum atomic E-state index is 5.65. The van der Waals surface area contributed by atoms with Gasteiger partial charge in [-0.2, -0.15) is 0 Å². The van der Waals surface area contributed by atoms with E-state index in [2.05, 4.69) is 69.4 Å². The van der Waals surface area contributed by atoms with Crippen LogP contribution in [0, 0.1) is 0 Å². The average molecular weight is 793 g/mol. The van der Waals surface area contributed by atoms with Crippen molar-refractivity contribution in [2.75, 3.05) is 67.8 Å². The van der Waals surface area contributed by atoms with Crippen LogP contribution in [0.4, 0.5) is 5.69 Å². The van der Waals surface area contributed by atoms with Crippen LogP contribution in [0.3, 0.4) is 0 Å². The molecule has 0 spiro atoms. The molecule has 0 aliphatic carbocycles. The molecule has 0 atom stereocenters. The van der Waals surface area contributed by atoms with Crippen molar-refractivity contribution in [2.45, 2.75) is 32.0 Å². The van der Waals surface area contributed by atoms with E-state index in [4.69, 9.17) is 33.2 Å². The highest BCUT2D eigenvalue weighted by molar-refractivity contribution is 5.85. The van der Waals surface area contributed by atoms with Crippen molar-refractivity contribution >= 4 is 30.5 Å². The number of aromatic nitrogens is 1. The predicted octanol–water partition coefficient (Wildman–Crippen LogP) is 8.99. The largest absolute Gasteiger partial charge is 0.497 e. The summed E-state index contributed by atoms with van der Waals surface area (Å²) in [5.74, 6) is 4.44. The summed E-state index contributed by atoms with van der Waals surface area (Å²) < 4.78 is 39.2. The molecule has 0 N–H and O–H groups in total. The van der Waals surface area contributed by atoms with E-state index in [1.54, 1.807) is 49.8 Å². The molecule has 1 fully saturated rings. The zero-order valence-electron chi connectivity index (χ0n) is 32.5. The second-order valence-electron chi connectivity index (χ2n) is 12.9. The molecule has 4 aromatic carbocycles. The third kappa shape index (κ3) is 9.80. The lowest BCUT2D eigenvalue weighted by Crippen LogP contribution is -2.44. The summed E-state index contributed by atoms with van der Waals surface area (Å²) in [4.78, 5) is 9.74. The number of benzene rings is 4. The van der Waals surface area contributed by atoms with Crippen molar-refractivity contribution in [2.24, 2.45) is 0 Å². The summed E-state index contributed by atoms with van der Waals surface area (Å²) in [6.07, 6.45) is 3.92. The summed E-state index contributed by atoms with van der Waals surface area (Å²) in [5.41, 5.74) is 7.38. The molecule has 12 heteroatoms. The van der Waals surface area contributed by atoms with Gasteiger partial charge in [0, 0.05) is 55.7 Å². The molecule has 0 bridgehead atoms. The molecule has 1 aliphatic heterocycles. The van der Waals surface area contributed by atoms with Gasteiger partial charge in [-0.15, -0.1) is 24.8 Å². The molecule has 1 saturated heterocycles. The standard InChI is InChI=1S/C43H49N3O7.2ClH/c1-47-36-13-9-12-35(26-36)46(28-29-10-8-11-31(20-29)32-22-38(48-2)42(52-6)39(23-32)49-3)34-15-18-45(19-16-34)27-30-14-17-44-37(21-30)33-24-40(50-4)43(53-7)41(25-33)51-5;;/h8-14,17,20-26,34H,15-16,18-19,27-28H2,1-7H3;2*1H. The topological polar surface area (TPSA) is 84.0 Å². The molecule has 0 radical (unpaired) electrons. The fraction of sp³-hybridized carbons (Fsp3) is 0.326. The van der Waals surface area contributed by atoms with Gasteiger partial charge in [-0.25, -0.2) is 0 Å². The van der Waals surface area contributed by atoms with Crippen molar-refractivity contribution in [3.8, 4) is 62.6 Å². The number of nitrogens with zero attached hydrogens (tertiary/aromatic N) is 3. The van der Waals surface area contributed by atoms with Crippen molar-refractivity contribution < 1.29 is 33.2 Å². The Kier molecular flexibility index (Phi) is 15.6. The highest BCUT2D eigenvalue weighted by Gasteiger charge is 2.26. The Labute approximate surface area is 337 Å². The van der Waals surface area contributed by atoms with Gasteiger partial charge in [0.15, 0.2) is 23.0 Å². The monoisotopic (exact) mass is 791 g/mol. The molecule has 294 valence electrons. The fourth-order valence-electron chi connectivity index (χ4n) is 7.12. The number of methoxy groups -OCH3 is 7. The summed E-state index contributed by atoms with van der Waals surface area (Å²) in [6, 6.07) is 29.5. The van der Waals surface area contributed by atoms with Gasteiger partial charge < -0.3 is 38.1 Å². The van der Waals surface area contributed by atoms with E-state index in [-0.39, 0.29) is 24.8 Å². The lowest BCUT2D eigenvalue weighted by molar-refractivity contribution is 0.201. The molecular weight excluding hydrogens is 741 g/mol. The SMILES string of the molecule is COc1cccc(N(Cc2cccc(-c3cc(OC)c(OC)c(OC)c3)c2)C2CCN(Cc3ccnc(-c4cc(OC)c(OC)c(OC)c4)c3)CC2)c1.Cl.Cl. The number of pyridine rings is 1. The van der Waals surface area contributed by atoms with Crippen LogP contribution < -0.4 is 38.1 Å². The molecule has 10 nitrogen and oxygen atoms in total. The van der Waals surface area contributed by atoms with Gasteiger partial charge in [-0.1, -0.05) is 24.3 Å². The summed E-state index contributed by atoms with van der Waals surface area (Å²) in [5, 5.41) is 0. The normalized spacial score (nSPS) is 12.8. The Hall–Kier alpha value is -5.03. The molecule has 6 rings (SSSR count). The van der Waals surface area contributed by atoms with Gasteiger partial charge in [0.25, 0.3) is 0 Å². The van der Waals surface area contributed by atoms with Gasteiger partial charge in [-0.3, -0.25) is 9.88 Å². The molecule has 0 saturated carbocycles. The molecule has 0 amide bonds. The maximum Gasteiger partial charge on any atom is 0.203 e. The van der Waals surface area contributed by atoms with Crippen molar-refractivity contribution in [1.29, 1.82) is 0 Å². The van der Waals surface area contributed by atoms with Crippen LogP contribution in [0.15, 0.2) is 91.1 Å². The minimum Gasteiger partial charge on any atom is -0.497 e. The van der Waals surface area contributed by atoms with E-state index in [1.807, 2.05) is 36.5 Å². The zero-order valence-corrected chi connectivity index (χ0v) is 34.1. The van der Waals surface area contributed by atoms with Crippen molar-refractivity contribution in [3.05, 3.63) is 102 Å². The van der Waals surface area contributed by atoms with Crippen LogP contribution in [0.2, 0.25) is 0 Å². The summed E-state index contributed by atoms with van der Waals surface area (Å²) in [6.45, 7) is 3.53. The van der Waals surface area contributed by atoms with E-state index in [1.165, 1.54) is 11.1 Å². The predicted molar refractivity (Wildman–Crippen MR) is 223 cm³/mol. The van der Waals surface area contributed by atoms with Crippen molar-refractivity contribution in [3.63, 3.8) is 0 Å². The number of rotatable bonds is 15. The van der Waals surface area contributed by atoms with Gasteiger partial charge in [0.1, 0.15) is 5.75 Å². The first-order valence-electron chi connectivity index (χ1n) is 17.7. The number of hydrogen-bond donors (Lipinski definition) is 0. The van der Waals surface area contributed by atoms with E-state index < -0.39 is 0 Å². The van der Waals surface area contributed by atoms with Crippen LogP contribution in [0.25, 0.3) is 22.4 Å². The lowest BCUT2D eigenvalue weighted by Gasteiger charge is -2.40. The number of anilines is 1. The first kappa shape index (κ1) is 42.7. The van der Waals surface area contributed by atoms with Crippen LogP contribution in [-0.2, 0) is 13.1 Å². The van der Waals surface area contributed by atoms with Crippen LogP contribution >= 0.6 is 24.8 Å². The molecule has 1 aromatic heterocycles. The van der Waals surface area contributed by atoms with Crippen LogP contribution in [0.1, 0.15) is 24.0 Å². The molecule has 1 aliphatic rings. The van der Waals surface area contributed by atoms with E-state index in [0.717, 1.165) is 72.8 Å². The van der Waals surface area contributed by atoms with E-state index in [0.29, 0.717) is 40.5 Å². The van der Waals surface area contributed by atoms with Crippen molar-refractivity contribution in [1.82, 2.24) is 9.88 Å². The van der Waals surface area contributed by atoms with Crippen LogP contribution in [0.5, 0.6) is 40.2 Å². The minimum absolute atomic E-state index is 0. The molecule has 5 aromatic rings. The zero-order chi connectivity index (χ0) is 37.3. The number of hydrogen-bond acceptors (Lipinski definition) is 10. The van der Waals surface area contributed by atoms with E-state index >= 15 is 0 Å². The number of likely N-dealkylation sites (tertiary alicyclic amines) is 1. The Bertz CT molecular complexity index is 1960. The van der Waals surface area contributed by atoms with Gasteiger partial charge in [0.2, 0.25) is 11.5 Å². The maximum absolute atomic E-state index is 5.65. The Morgan fingerprint density at radius 2 is 1.16 bits per heavy atom. The first-order chi connectivity index (χ1) is 25.9. The fourth-order valence-corrected chi connectivity index (χ4v) is 7.12. The Morgan fingerprint density at radius 3 is 1.73 bits per heavy atom. The molecule has 2 heterocycles. The smallest absolute Gasteiger partial charge is 0.203 e. The van der Waals surface area contributed by atoms with Gasteiger partial charge in [0.05, 0.1) is 55.5 Å². The quantitative estimate of drug-likeness (QED) is 0.103. The first-order valence-corrected chi connectivity index (χ1v) is 17.7. The Morgan fingerprint density at radius 1 is 0.582 bits per heavy atom. The van der Waals surface area contributed by atoms with Gasteiger partial charge in [-0.05, 0) is 89.7 Å². The minimum atomic E-state index is 0. The Balaban J connectivity index is 0.00000336. The third-order valence-electron chi connectivity index (χ3n) is 9.85. The highest BCUT2D eigenvalue weighted by Crippen LogP contribution is 2.42. The second kappa shape index (κ2) is 20.0. The van der Waals surface area contributed by atoms with E-state index in [9.17, 15) is 0 Å². The molecule has 0 unspecified atom stereocenters. The van der Waals surface area contributed by atoms with Gasteiger partial charge >= 0.3 is 0 Å². The molecule has 55 heavy (non-hydrogen) atoms. The third-order valence-corrected chi connectivity index (χ3v) is 9.85. The lowest BCUT2D eigenvalue weighted by atomic mass is 9.98. The number of ether oxygens (including phenoxy) is 7.